The number of aromatic nitrogens is 2. The van der Waals surface area contributed by atoms with Gasteiger partial charge in [-0.05, 0) is 24.3 Å². The molecule has 2 heterocycles. The Labute approximate surface area is 140 Å². The van der Waals surface area contributed by atoms with E-state index in [4.69, 9.17) is 0 Å². The first-order chi connectivity index (χ1) is 11.2. The number of amides is 1. The smallest absolute Gasteiger partial charge is 0.236 e. The molecule has 0 bridgehead atoms. The van der Waals surface area contributed by atoms with Gasteiger partial charge < -0.3 is 5.32 Å². The van der Waals surface area contributed by atoms with Crippen LogP contribution >= 0.6 is 23.1 Å². The zero-order chi connectivity index (χ0) is 16.1. The van der Waals surface area contributed by atoms with E-state index in [1.807, 2.05) is 17.5 Å². The highest BCUT2D eigenvalue weighted by atomic mass is 32.2. The molecule has 0 aliphatic carbocycles. The summed E-state index contributed by atoms with van der Waals surface area (Å²) in [5, 5.41) is 5.10. The van der Waals surface area contributed by atoms with Crippen LogP contribution in [0, 0.1) is 5.82 Å². The number of pyridine rings is 1. The molecule has 2 aromatic heterocycles. The zero-order valence-corrected chi connectivity index (χ0v) is 13.5. The third-order valence-electron chi connectivity index (χ3n) is 2.90. The van der Waals surface area contributed by atoms with Crippen LogP contribution in [0.4, 0.5) is 9.52 Å². The molecule has 0 saturated carbocycles. The Balaban J connectivity index is 1.58. The van der Waals surface area contributed by atoms with Gasteiger partial charge in [0.25, 0.3) is 0 Å². The zero-order valence-electron chi connectivity index (χ0n) is 11.9. The highest BCUT2D eigenvalue weighted by Gasteiger charge is 2.10. The number of rotatable bonds is 5. The summed E-state index contributed by atoms with van der Waals surface area (Å²) < 4.78 is 13.5. The number of thiazole rings is 1. The molecule has 0 atom stereocenters. The number of nitrogens with zero attached hydrogens (tertiary/aromatic N) is 2. The molecule has 0 fully saturated rings. The van der Waals surface area contributed by atoms with Crippen LogP contribution in [-0.2, 0) is 4.79 Å². The van der Waals surface area contributed by atoms with Crippen LogP contribution in [0.1, 0.15) is 0 Å². The number of hydrogen-bond donors (Lipinski definition) is 1. The summed E-state index contributed by atoms with van der Waals surface area (Å²) in [7, 11) is 0. The van der Waals surface area contributed by atoms with E-state index >= 15 is 0 Å². The van der Waals surface area contributed by atoms with E-state index in [9.17, 15) is 9.18 Å². The quantitative estimate of drug-likeness (QED) is 0.708. The van der Waals surface area contributed by atoms with E-state index < -0.39 is 0 Å². The monoisotopic (exact) mass is 345 g/mol. The Morgan fingerprint density at radius 3 is 2.91 bits per heavy atom. The summed E-state index contributed by atoms with van der Waals surface area (Å²) in [6.07, 6.45) is 3.41. The molecule has 1 aromatic carbocycles. The summed E-state index contributed by atoms with van der Waals surface area (Å²) in [4.78, 5) is 20.8. The molecule has 0 aliphatic heterocycles. The van der Waals surface area contributed by atoms with Crippen molar-refractivity contribution in [2.75, 3.05) is 11.1 Å². The number of anilines is 1. The van der Waals surface area contributed by atoms with Gasteiger partial charge in [0.2, 0.25) is 5.91 Å². The minimum Gasteiger partial charge on any atom is -0.301 e. The lowest BCUT2D eigenvalue weighted by atomic mass is 10.2. The largest absolute Gasteiger partial charge is 0.301 e. The van der Waals surface area contributed by atoms with Crippen molar-refractivity contribution in [3.8, 4) is 11.3 Å². The van der Waals surface area contributed by atoms with Gasteiger partial charge >= 0.3 is 0 Å². The molecule has 1 amide bonds. The van der Waals surface area contributed by atoms with Gasteiger partial charge in [-0.1, -0.05) is 12.1 Å². The topological polar surface area (TPSA) is 54.9 Å². The van der Waals surface area contributed by atoms with Crippen LogP contribution in [-0.4, -0.2) is 21.6 Å². The highest BCUT2D eigenvalue weighted by molar-refractivity contribution is 8.00. The Kier molecular flexibility index (Phi) is 4.99. The first kappa shape index (κ1) is 15.6. The maximum absolute atomic E-state index is 13.5. The van der Waals surface area contributed by atoms with Gasteiger partial charge in [0.1, 0.15) is 5.82 Å². The van der Waals surface area contributed by atoms with Crippen molar-refractivity contribution < 1.29 is 9.18 Å². The molecule has 0 radical (unpaired) electrons. The number of carbonyl (C=O) groups excluding carboxylic acids is 1. The second-order valence-corrected chi connectivity index (χ2v) is 6.42. The number of hydrogen-bond acceptors (Lipinski definition) is 5. The molecule has 3 aromatic rings. The van der Waals surface area contributed by atoms with E-state index in [1.165, 1.54) is 17.4 Å². The van der Waals surface area contributed by atoms with Crippen LogP contribution in [0.3, 0.4) is 0 Å². The lowest BCUT2D eigenvalue weighted by Crippen LogP contribution is -2.13. The standard InChI is InChI=1S/C16H12FN3OS2/c17-12-5-1-2-6-14(12)22-10-15(21)20-16-19-13(9-23-16)11-4-3-7-18-8-11/h1-9H,10H2,(H,19,20,21). The van der Waals surface area contributed by atoms with Crippen molar-refractivity contribution in [2.24, 2.45) is 0 Å². The molecule has 1 N–H and O–H groups in total. The molecule has 23 heavy (non-hydrogen) atoms. The van der Waals surface area contributed by atoms with Gasteiger partial charge in [0.15, 0.2) is 5.13 Å². The average molecular weight is 345 g/mol. The molecule has 3 rings (SSSR count). The molecule has 4 nitrogen and oxygen atoms in total. The minimum atomic E-state index is -0.321. The lowest BCUT2D eigenvalue weighted by molar-refractivity contribution is -0.113. The van der Waals surface area contributed by atoms with Crippen molar-refractivity contribution in [3.05, 3.63) is 60.0 Å². The Morgan fingerprint density at radius 2 is 2.13 bits per heavy atom. The van der Waals surface area contributed by atoms with Gasteiger partial charge in [-0.15, -0.1) is 23.1 Å². The van der Waals surface area contributed by atoms with Crippen molar-refractivity contribution >= 4 is 34.1 Å². The second kappa shape index (κ2) is 7.34. The number of carbonyl (C=O) groups is 1. The van der Waals surface area contributed by atoms with E-state index in [0.29, 0.717) is 10.0 Å². The summed E-state index contributed by atoms with van der Waals surface area (Å²) >= 11 is 2.50. The first-order valence-electron chi connectivity index (χ1n) is 6.75. The fourth-order valence-electron chi connectivity index (χ4n) is 1.84. The number of nitrogens with one attached hydrogen (secondary N) is 1. The van der Waals surface area contributed by atoms with Crippen molar-refractivity contribution in [3.63, 3.8) is 0 Å². The highest BCUT2D eigenvalue weighted by Crippen LogP contribution is 2.25. The van der Waals surface area contributed by atoms with Crippen LogP contribution in [0.5, 0.6) is 0 Å². The fourth-order valence-corrected chi connectivity index (χ4v) is 3.31. The third kappa shape index (κ3) is 4.14. The van der Waals surface area contributed by atoms with E-state index in [2.05, 4.69) is 15.3 Å². The molecule has 0 aliphatic rings. The molecule has 0 spiro atoms. The molecular formula is C16H12FN3OS2. The maximum atomic E-state index is 13.5. The number of benzene rings is 1. The number of thioether (sulfide) groups is 1. The predicted octanol–water partition coefficient (Wildman–Crippen LogP) is 4.08. The second-order valence-electron chi connectivity index (χ2n) is 4.55. The molecule has 0 unspecified atom stereocenters. The van der Waals surface area contributed by atoms with Crippen LogP contribution in [0.15, 0.2) is 59.1 Å². The Hall–Kier alpha value is -2.25. The molecule has 0 saturated heterocycles. The third-order valence-corrected chi connectivity index (χ3v) is 4.71. The summed E-state index contributed by atoms with van der Waals surface area (Å²) in [6.45, 7) is 0. The summed E-state index contributed by atoms with van der Waals surface area (Å²) in [5.74, 6) is -0.410. The van der Waals surface area contributed by atoms with Crippen molar-refractivity contribution in [1.82, 2.24) is 9.97 Å². The van der Waals surface area contributed by atoms with Gasteiger partial charge in [-0.25, -0.2) is 9.37 Å². The summed E-state index contributed by atoms with van der Waals surface area (Å²) in [5.41, 5.74) is 1.66. The van der Waals surface area contributed by atoms with Crippen LogP contribution in [0.25, 0.3) is 11.3 Å². The molecule has 116 valence electrons. The normalized spacial score (nSPS) is 10.5. The molecule has 7 heteroatoms. The average Bonchev–Trinajstić information content (AvgIpc) is 3.03. The van der Waals surface area contributed by atoms with Crippen molar-refractivity contribution in [2.45, 2.75) is 4.90 Å². The van der Waals surface area contributed by atoms with Gasteiger partial charge in [-0.2, -0.15) is 0 Å². The Bertz CT molecular complexity index is 808. The predicted molar refractivity (Wildman–Crippen MR) is 91.1 cm³/mol. The first-order valence-corrected chi connectivity index (χ1v) is 8.62. The van der Waals surface area contributed by atoms with E-state index in [-0.39, 0.29) is 17.5 Å². The number of halogens is 1. The fraction of sp³-hybridized carbons (Fsp3) is 0.0625. The minimum absolute atomic E-state index is 0.128. The maximum Gasteiger partial charge on any atom is 0.236 e. The Morgan fingerprint density at radius 1 is 1.26 bits per heavy atom. The van der Waals surface area contributed by atoms with Gasteiger partial charge in [0.05, 0.1) is 11.4 Å². The van der Waals surface area contributed by atoms with E-state index in [1.54, 1.807) is 30.6 Å². The van der Waals surface area contributed by atoms with Crippen LogP contribution < -0.4 is 5.32 Å². The van der Waals surface area contributed by atoms with Gasteiger partial charge in [-0.3, -0.25) is 9.78 Å². The van der Waals surface area contributed by atoms with Gasteiger partial charge in [0, 0.05) is 28.2 Å². The lowest BCUT2D eigenvalue weighted by Gasteiger charge is -2.03. The van der Waals surface area contributed by atoms with Crippen molar-refractivity contribution in [1.29, 1.82) is 0 Å². The summed E-state index contributed by atoms with van der Waals surface area (Å²) in [6, 6.07) is 10.1. The van der Waals surface area contributed by atoms with E-state index in [0.717, 1.165) is 23.0 Å². The van der Waals surface area contributed by atoms with Crippen LogP contribution in [0.2, 0.25) is 0 Å². The molecular weight excluding hydrogens is 333 g/mol. The SMILES string of the molecule is O=C(CSc1ccccc1F)Nc1nc(-c2cccnc2)cs1.